The van der Waals surface area contributed by atoms with E-state index < -0.39 is 59.3 Å². The number of hydrogen-bond acceptors (Lipinski definition) is 12. The number of hydrogen-bond donors (Lipinski definition) is 6. The van der Waals surface area contributed by atoms with Gasteiger partial charge in [-0.3, -0.25) is 59.0 Å². The molecule has 1 aromatic rings. The summed E-state index contributed by atoms with van der Waals surface area (Å²) < 4.78 is 0. The van der Waals surface area contributed by atoms with Crippen molar-refractivity contribution in [3.05, 3.63) is 39.9 Å². The molecule has 3 atom stereocenters. The predicted octanol–water partition coefficient (Wildman–Crippen LogP) is -0.202. The van der Waals surface area contributed by atoms with Crippen molar-refractivity contribution in [3.8, 4) is 0 Å². The molecule has 0 radical (unpaired) electrons. The Bertz CT molecular complexity index is 1200. The van der Waals surface area contributed by atoms with Crippen molar-refractivity contribution in [2.24, 2.45) is 0 Å². The van der Waals surface area contributed by atoms with Crippen LogP contribution in [0.5, 0.6) is 0 Å². The summed E-state index contributed by atoms with van der Waals surface area (Å²) in [4.78, 5) is 76.2. The van der Waals surface area contributed by atoms with E-state index >= 15 is 0 Å². The second-order valence-electron chi connectivity index (χ2n) is 11.4. The first kappa shape index (κ1) is 39.0. The summed E-state index contributed by atoms with van der Waals surface area (Å²) in [5.74, 6) is -5.99. The molecule has 262 valence electrons. The highest BCUT2D eigenvalue weighted by Crippen LogP contribution is 2.29. The Morgan fingerprint density at radius 2 is 1.17 bits per heavy atom. The first-order valence-electron chi connectivity index (χ1n) is 15.2. The lowest BCUT2D eigenvalue weighted by Gasteiger charge is -2.41. The maximum atomic E-state index is 12.1. The quantitative estimate of drug-likeness (QED) is 0.0928. The van der Waals surface area contributed by atoms with Crippen LogP contribution in [0.1, 0.15) is 37.8 Å². The standard InChI is InChI=1S/C29H44N6O12/c1-2-3-22(30-23(29(44)45)16-24(36)37)28(20-4-6-21(7-5-20)35(46)47)34-14-12-32(18-26(40)41)10-8-31(17-25(38)39)9-11-33(13-15-34)19-27(42)43/h4-7,22-23,28,30H,2-3,8-19H2,1H3,(H,36,37)(H,38,39)(H,40,41)(H,42,43)(H,44,45). The Morgan fingerprint density at radius 3 is 1.51 bits per heavy atom. The summed E-state index contributed by atoms with van der Waals surface area (Å²) in [5.41, 5.74) is 0.372. The molecule has 0 aromatic heterocycles. The summed E-state index contributed by atoms with van der Waals surface area (Å²) in [6, 6.07) is 2.81. The van der Waals surface area contributed by atoms with Crippen LogP contribution < -0.4 is 5.32 Å². The van der Waals surface area contributed by atoms with Gasteiger partial charge < -0.3 is 25.5 Å². The number of carboxylic acid groups (broad SMARTS) is 5. The number of nitrogens with one attached hydrogen (secondary N) is 1. The summed E-state index contributed by atoms with van der Waals surface area (Å²) in [6.45, 7) is 2.33. The fraction of sp³-hybridized carbons (Fsp3) is 0.621. The first-order valence-corrected chi connectivity index (χ1v) is 15.2. The van der Waals surface area contributed by atoms with Gasteiger partial charge in [0, 0.05) is 70.5 Å². The number of benzene rings is 1. The molecule has 1 aromatic carbocycles. The molecule has 0 spiro atoms. The van der Waals surface area contributed by atoms with Crippen LogP contribution in [0, 0.1) is 10.1 Å². The molecule has 1 fully saturated rings. The van der Waals surface area contributed by atoms with Crippen molar-refractivity contribution >= 4 is 35.5 Å². The van der Waals surface area contributed by atoms with Gasteiger partial charge in [-0.1, -0.05) is 25.5 Å². The number of non-ortho nitro benzene ring substituents is 1. The van der Waals surface area contributed by atoms with E-state index in [1.807, 2.05) is 11.8 Å². The third-order valence-electron chi connectivity index (χ3n) is 7.86. The predicted molar refractivity (Wildman–Crippen MR) is 165 cm³/mol. The van der Waals surface area contributed by atoms with Gasteiger partial charge in [0.05, 0.1) is 37.0 Å². The summed E-state index contributed by atoms with van der Waals surface area (Å²) in [6.07, 6.45) is 0.196. The Kier molecular flexibility index (Phi) is 16.1. The maximum absolute atomic E-state index is 12.1. The van der Waals surface area contributed by atoms with Crippen molar-refractivity contribution < 1.29 is 54.4 Å². The van der Waals surface area contributed by atoms with E-state index in [4.69, 9.17) is 0 Å². The van der Waals surface area contributed by atoms with Gasteiger partial charge in [-0.05, 0) is 12.0 Å². The molecular formula is C29H44N6O12. The zero-order valence-corrected chi connectivity index (χ0v) is 26.3. The Hall–Kier alpha value is -4.23. The van der Waals surface area contributed by atoms with Gasteiger partial charge >= 0.3 is 29.8 Å². The van der Waals surface area contributed by atoms with Crippen molar-refractivity contribution in [1.82, 2.24) is 24.9 Å². The van der Waals surface area contributed by atoms with E-state index in [2.05, 4.69) is 5.32 Å². The molecular weight excluding hydrogens is 624 g/mol. The number of nitro groups is 1. The van der Waals surface area contributed by atoms with E-state index in [0.29, 0.717) is 18.4 Å². The van der Waals surface area contributed by atoms with Crippen molar-refractivity contribution in [3.63, 3.8) is 0 Å². The van der Waals surface area contributed by atoms with Crippen LogP contribution in [0.25, 0.3) is 0 Å². The minimum absolute atomic E-state index is 0.173. The molecule has 6 N–H and O–H groups in total. The molecule has 1 aliphatic heterocycles. The molecule has 18 heteroatoms. The monoisotopic (exact) mass is 668 g/mol. The lowest BCUT2D eigenvalue weighted by molar-refractivity contribution is -0.384. The molecule has 0 amide bonds. The zero-order valence-electron chi connectivity index (χ0n) is 26.3. The first-order chi connectivity index (χ1) is 22.2. The fourth-order valence-corrected chi connectivity index (χ4v) is 5.66. The zero-order chi connectivity index (χ0) is 35.1. The van der Waals surface area contributed by atoms with Gasteiger partial charge in [-0.15, -0.1) is 0 Å². The fourth-order valence-electron chi connectivity index (χ4n) is 5.66. The van der Waals surface area contributed by atoms with Crippen LogP contribution in [0.4, 0.5) is 5.69 Å². The van der Waals surface area contributed by atoms with Gasteiger partial charge in [-0.25, -0.2) is 0 Å². The Balaban J connectivity index is 2.63. The smallest absolute Gasteiger partial charge is 0.321 e. The largest absolute Gasteiger partial charge is 0.481 e. The SMILES string of the molecule is CCCC(NC(CC(=O)O)C(=O)O)C(c1ccc([N+](=O)[O-])cc1)N1CCN(CC(=O)O)CCN(CC(=O)O)CCN(CC(=O)O)CC1. The topological polar surface area (TPSA) is 255 Å². The normalized spacial score (nSPS) is 18.2. The van der Waals surface area contributed by atoms with Crippen LogP contribution in [0.2, 0.25) is 0 Å². The second kappa shape index (κ2) is 19.4. The average Bonchev–Trinajstić information content (AvgIpc) is 2.97. The molecule has 1 heterocycles. The van der Waals surface area contributed by atoms with Gasteiger partial charge in [-0.2, -0.15) is 0 Å². The minimum Gasteiger partial charge on any atom is -0.481 e. The number of carboxylic acids is 5. The molecule has 1 aliphatic rings. The van der Waals surface area contributed by atoms with Gasteiger partial charge in [0.25, 0.3) is 5.69 Å². The molecule has 0 bridgehead atoms. The number of aliphatic carboxylic acids is 5. The van der Waals surface area contributed by atoms with Gasteiger partial charge in [0.15, 0.2) is 0 Å². The minimum atomic E-state index is -1.47. The van der Waals surface area contributed by atoms with Gasteiger partial charge in [0.1, 0.15) is 6.04 Å². The highest BCUT2D eigenvalue weighted by Gasteiger charge is 2.34. The number of carbonyl (C=O) groups is 5. The second-order valence-corrected chi connectivity index (χ2v) is 11.4. The Morgan fingerprint density at radius 1 is 0.745 bits per heavy atom. The summed E-state index contributed by atoms with van der Waals surface area (Å²) >= 11 is 0. The third kappa shape index (κ3) is 14.0. The molecule has 2 rings (SSSR count). The van der Waals surface area contributed by atoms with Crippen LogP contribution in [-0.2, 0) is 24.0 Å². The van der Waals surface area contributed by atoms with Crippen LogP contribution in [0.15, 0.2) is 24.3 Å². The van der Waals surface area contributed by atoms with Crippen LogP contribution in [-0.4, -0.2) is 164 Å². The van der Waals surface area contributed by atoms with E-state index in [9.17, 15) is 59.6 Å². The average molecular weight is 669 g/mol. The summed E-state index contributed by atoms with van der Waals surface area (Å²) in [7, 11) is 0. The van der Waals surface area contributed by atoms with Crippen molar-refractivity contribution in [2.45, 2.75) is 44.3 Å². The molecule has 0 aliphatic carbocycles. The highest BCUT2D eigenvalue weighted by atomic mass is 16.6. The molecule has 0 saturated carbocycles. The van der Waals surface area contributed by atoms with E-state index in [0.717, 1.165) is 0 Å². The van der Waals surface area contributed by atoms with Crippen LogP contribution >= 0.6 is 0 Å². The van der Waals surface area contributed by atoms with E-state index in [1.165, 1.54) is 24.3 Å². The number of nitro benzene ring substituents is 1. The third-order valence-corrected chi connectivity index (χ3v) is 7.86. The van der Waals surface area contributed by atoms with E-state index in [1.54, 1.807) is 14.7 Å². The number of rotatable bonds is 17. The molecule has 47 heavy (non-hydrogen) atoms. The van der Waals surface area contributed by atoms with Crippen molar-refractivity contribution in [2.75, 3.05) is 72.0 Å². The maximum Gasteiger partial charge on any atom is 0.321 e. The van der Waals surface area contributed by atoms with Crippen LogP contribution in [0.3, 0.4) is 0 Å². The summed E-state index contributed by atoms with van der Waals surface area (Å²) in [5, 5.41) is 62.2. The van der Waals surface area contributed by atoms with Crippen molar-refractivity contribution in [1.29, 1.82) is 0 Å². The lowest BCUT2D eigenvalue weighted by atomic mass is 9.92. The van der Waals surface area contributed by atoms with E-state index in [-0.39, 0.29) is 77.7 Å². The highest BCUT2D eigenvalue weighted by molar-refractivity contribution is 5.80. The molecule has 3 unspecified atom stereocenters. The Labute approximate surface area is 271 Å². The lowest BCUT2D eigenvalue weighted by Crippen LogP contribution is -2.54. The molecule has 1 saturated heterocycles. The molecule has 18 nitrogen and oxygen atoms in total. The van der Waals surface area contributed by atoms with Gasteiger partial charge in [0.2, 0.25) is 0 Å². The number of nitrogens with zero attached hydrogens (tertiary/aromatic N) is 5.